The van der Waals surface area contributed by atoms with Gasteiger partial charge >= 0.3 is 5.97 Å². The van der Waals surface area contributed by atoms with Gasteiger partial charge in [0.25, 0.3) is 0 Å². The van der Waals surface area contributed by atoms with E-state index in [1.807, 2.05) is 0 Å². The van der Waals surface area contributed by atoms with Crippen LogP contribution in [0, 0.1) is 0 Å². The molecule has 7 heteroatoms. The van der Waals surface area contributed by atoms with Gasteiger partial charge in [-0.2, -0.15) is 0 Å². The van der Waals surface area contributed by atoms with Crippen LogP contribution >= 0.6 is 0 Å². The van der Waals surface area contributed by atoms with Crippen molar-refractivity contribution in [3.63, 3.8) is 0 Å². The number of hydrogen-bond donors (Lipinski definition) is 2. The summed E-state index contributed by atoms with van der Waals surface area (Å²) in [5.41, 5.74) is 0.149. The number of carboxylic acid groups (broad SMARTS) is 1. The van der Waals surface area contributed by atoms with Crippen molar-refractivity contribution in [2.75, 3.05) is 27.3 Å². The number of carbonyl (C=O) groups is 1. The van der Waals surface area contributed by atoms with Gasteiger partial charge in [-0.3, -0.25) is 14.5 Å². The molecule has 0 saturated heterocycles. The van der Waals surface area contributed by atoms with Crippen LogP contribution in [-0.4, -0.2) is 53.0 Å². The Morgan fingerprint density at radius 3 is 2.79 bits per heavy atom. The highest BCUT2D eigenvalue weighted by atomic mass is 16.5. The first-order chi connectivity index (χ1) is 8.93. The minimum atomic E-state index is -0.938. The van der Waals surface area contributed by atoms with Gasteiger partial charge in [0.1, 0.15) is 0 Å². The lowest BCUT2D eigenvalue weighted by molar-refractivity contribution is -0.138. The first kappa shape index (κ1) is 15.2. The molecule has 7 nitrogen and oxygen atoms in total. The summed E-state index contributed by atoms with van der Waals surface area (Å²) in [5.74, 6) is -1.27. The Labute approximate surface area is 110 Å². The summed E-state index contributed by atoms with van der Waals surface area (Å²) >= 11 is 0. The van der Waals surface area contributed by atoms with Gasteiger partial charge in [0.2, 0.25) is 5.43 Å². The Balaban J connectivity index is 2.93. The second kappa shape index (κ2) is 6.91. The number of ether oxygens (including phenoxy) is 1. The standard InChI is InChI=1S/C12H18N2O5/c1-13(8-12(17)18)6-9-5-10(15)11(16)7-14(9)3-4-19-2/h5,7,16H,3-4,6,8H2,1-2H3,(H,17,18). The minimum Gasteiger partial charge on any atom is -0.503 e. The number of likely N-dealkylation sites (N-methyl/N-ethyl adjacent to an activating group) is 1. The quantitative estimate of drug-likeness (QED) is 0.708. The molecule has 106 valence electrons. The molecule has 0 spiro atoms. The third-order valence-corrected chi connectivity index (χ3v) is 2.57. The van der Waals surface area contributed by atoms with Crippen LogP contribution in [0.3, 0.4) is 0 Å². The number of carboxylic acids is 1. The van der Waals surface area contributed by atoms with Crippen molar-refractivity contribution in [1.82, 2.24) is 9.47 Å². The second-order valence-electron chi connectivity index (χ2n) is 4.27. The molecule has 0 aromatic carbocycles. The zero-order valence-corrected chi connectivity index (χ0v) is 11.0. The topological polar surface area (TPSA) is 92.0 Å². The first-order valence-electron chi connectivity index (χ1n) is 5.75. The van der Waals surface area contributed by atoms with E-state index in [0.29, 0.717) is 25.4 Å². The van der Waals surface area contributed by atoms with Gasteiger partial charge in [-0.15, -0.1) is 0 Å². The lowest BCUT2D eigenvalue weighted by Gasteiger charge is -2.18. The molecule has 19 heavy (non-hydrogen) atoms. The van der Waals surface area contributed by atoms with E-state index in [1.54, 1.807) is 23.6 Å². The summed E-state index contributed by atoms with van der Waals surface area (Å²) in [6, 6.07) is 1.31. The van der Waals surface area contributed by atoms with Crippen molar-refractivity contribution < 1.29 is 19.7 Å². The number of aromatic nitrogens is 1. The number of hydrogen-bond acceptors (Lipinski definition) is 5. The molecule has 0 amide bonds. The Bertz CT molecular complexity index is 497. The van der Waals surface area contributed by atoms with Crippen LogP contribution in [0.15, 0.2) is 17.1 Å². The summed E-state index contributed by atoms with van der Waals surface area (Å²) in [5, 5.41) is 18.1. The fraction of sp³-hybridized carbons (Fsp3) is 0.500. The van der Waals surface area contributed by atoms with E-state index >= 15 is 0 Å². The molecule has 0 bridgehead atoms. The van der Waals surface area contributed by atoms with Crippen LogP contribution in [0.2, 0.25) is 0 Å². The summed E-state index contributed by atoms with van der Waals surface area (Å²) in [6.07, 6.45) is 1.34. The molecule has 0 atom stereocenters. The maximum Gasteiger partial charge on any atom is 0.317 e. The van der Waals surface area contributed by atoms with E-state index in [2.05, 4.69) is 0 Å². The van der Waals surface area contributed by atoms with Gasteiger partial charge in [0, 0.05) is 32.0 Å². The molecular formula is C12H18N2O5. The second-order valence-corrected chi connectivity index (χ2v) is 4.27. The Morgan fingerprint density at radius 2 is 2.21 bits per heavy atom. The lowest BCUT2D eigenvalue weighted by atomic mass is 10.3. The summed E-state index contributed by atoms with van der Waals surface area (Å²) in [4.78, 5) is 23.6. The number of methoxy groups -OCH3 is 1. The van der Waals surface area contributed by atoms with Gasteiger partial charge in [0.05, 0.1) is 19.3 Å². The molecule has 1 heterocycles. The van der Waals surface area contributed by atoms with Crippen molar-refractivity contribution >= 4 is 5.97 Å². The van der Waals surface area contributed by atoms with Crippen molar-refractivity contribution in [2.24, 2.45) is 0 Å². The largest absolute Gasteiger partial charge is 0.503 e. The molecule has 2 N–H and O–H groups in total. The molecule has 0 aliphatic carbocycles. The number of pyridine rings is 1. The number of nitrogens with zero attached hydrogens (tertiary/aromatic N) is 2. The van der Waals surface area contributed by atoms with Crippen LogP contribution in [-0.2, 0) is 22.6 Å². The van der Waals surface area contributed by atoms with Crippen molar-refractivity contribution in [3.8, 4) is 5.75 Å². The Morgan fingerprint density at radius 1 is 1.53 bits per heavy atom. The third kappa shape index (κ3) is 4.72. The maximum absolute atomic E-state index is 11.4. The molecule has 1 aromatic rings. The zero-order chi connectivity index (χ0) is 14.4. The monoisotopic (exact) mass is 270 g/mol. The highest BCUT2D eigenvalue weighted by Crippen LogP contribution is 2.07. The van der Waals surface area contributed by atoms with Gasteiger partial charge in [-0.25, -0.2) is 0 Å². The molecule has 0 saturated carbocycles. The summed E-state index contributed by atoms with van der Waals surface area (Å²) in [6.45, 7) is 1.07. The molecule has 0 fully saturated rings. The first-order valence-corrected chi connectivity index (χ1v) is 5.75. The normalized spacial score (nSPS) is 10.9. The molecule has 0 unspecified atom stereocenters. The highest BCUT2D eigenvalue weighted by Gasteiger charge is 2.10. The Kier molecular flexibility index (Phi) is 5.53. The van der Waals surface area contributed by atoms with E-state index in [4.69, 9.17) is 9.84 Å². The minimum absolute atomic E-state index is 0.126. The van der Waals surface area contributed by atoms with Crippen molar-refractivity contribution in [1.29, 1.82) is 0 Å². The fourth-order valence-corrected chi connectivity index (χ4v) is 1.70. The Hall–Kier alpha value is -1.86. The van der Waals surface area contributed by atoms with Crippen LogP contribution in [0.5, 0.6) is 5.75 Å². The zero-order valence-electron chi connectivity index (χ0n) is 11.0. The molecule has 0 radical (unpaired) electrons. The average molecular weight is 270 g/mol. The average Bonchev–Trinajstić information content (AvgIpc) is 2.30. The highest BCUT2D eigenvalue weighted by molar-refractivity contribution is 5.68. The molecule has 1 aromatic heterocycles. The summed E-state index contributed by atoms with van der Waals surface area (Å²) < 4.78 is 6.63. The SMILES string of the molecule is COCCn1cc(O)c(=O)cc1CN(C)CC(=O)O. The summed E-state index contributed by atoms with van der Waals surface area (Å²) in [7, 11) is 3.20. The van der Waals surface area contributed by atoms with E-state index < -0.39 is 11.4 Å². The lowest BCUT2D eigenvalue weighted by Crippen LogP contribution is -2.28. The fourth-order valence-electron chi connectivity index (χ4n) is 1.70. The van der Waals surface area contributed by atoms with Crippen LogP contribution < -0.4 is 5.43 Å². The van der Waals surface area contributed by atoms with Crippen molar-refractivity contribution in [3.05, 3.63) is 28.2 Å². The molecule has 0 aliphatic rings. The van der Waals surface area contributed by atoms with Gasteiger partial charge in [-0.05, 0) is 7.05 Å². The van der Waals surface area contributed by atoms with Crippen molar-refractivity contribution in [2.45, 2.75) is 13.1 Å². The van der Waals surface area contributed by atoms with Gasteiger partial charge in [-0.1, -0.05) is 0 Å². The van der Waals surface area contributed by atoms with E-state index in [-0.39, 0.29) is 12.3 Å². The smallest absolute Gasteiger partial charge is 0.317 e. The van der Waals surface area contributed by atoms with Crippen LogP contribution in [0.25, 0.3) is 0 Å². The molecule has 0 aliphatic heterocycles. The third-order valence-electron chi connectivity index (χ3n) is 2.57. The van der Waals surface area contributed by atoms with Crippen LogP contribution in [0.4, 0.5) is 0 Å². The molecular weight excluding hydrogens is 252 g/mol. The predicted octanol–water partition coefficient (Wildman–Crippen LogP) is -0.283. The van der Waals surface area contributed by atoms with Gasteiger partial charge in [0.15, 0.2) is 5.75 Å². The van der Waals surface area contributed by atoms with E-state index in [0.717, 1.165) is 0 Å². The van der Waals surface area contributed by atoms with Gasteiger partial charge < -0.3 is 19.5 Å². The maximum atomic E-state index is 11.4. The number of aliphatic carboxylic acids is 1. The van der Waals surface area contributed by atoms with Crippen LogP contribution in [0.1, 0.15) is 5.69 Å². The van der Waals surface area contributed by atoms with E-state index in [1.165, 1.54) is 12.3 Å². The van der Waals surface area contributed by atoms with E-state index in [9.17, 15) is 14.7 Å². The number of aromatic hydroxyl groups is 1. The molecule has 1 rings (SSSR count). The number of rotatable bonds is 7. The predicted molar refractivity (Wildman–Crippen MR) is 68.2 cm³/mol.